The number of rotatable bonds is 5. The van der Waals surface area contributed by atoms with Crippen LogP contribution in [0.3, 0.4) is 0 Å². The third-order valence-corrected chi connectivity index (χ3v) is 4.65. The quantitative estimate of drug-likeness (QED) is 0.757. The number of ether oxygens (including phenoxy) is 1. The second kappa shape index (κ2) is 6.44. The average Bonchev–Trinajstić information content (AvgIpc) is 2.77. The number of hydrogen-bond acceptors (Lipinski definition) is 4. The van der Waals surface area contributed by atoms with Crippen molar-refractivity contribution in [2.45, 2.75) is 18.4 Å². The van der Waals surface area contributed by atoms with Crippen LogP contribution in [0.5, 0.6) is 5.75 Å². The molecular weight excluding hydrogens is 359 g/mol. The molecule has 0 spiro atoms. The maximum absolute atomic E-state index is 11.3. The molecule has 0 radical (unpaired) electrons. The number of benzene rings is 1. The third-order valence-electron chi connectivity index (χ3n) is 2.76. The first-order valence-electron chi connectivity index (χ1n) is 5.83. The minimum Gasteiger partial charge on any atom is -0.489 e. The van der Waals surface area contributed by atoms with Crippen LogP contribution in [0.4, 0.5) is 0 Å². The van der Waals surface area contributed by atoms with E-state index in [-0.39, 0.29) is 20.7 Å². The van der Waals surface area contributed by atoms with E-state index in [0.29, 0.717) is 13.2 Å². The van der Waals surface area contributed by atoms with Gasteiger partial charge in [-0.25, -0.2) is 13.4 Å². The summed E-state index contributed by atoms with van der Waals surface area (Å²) in [5, 5.41) is 0.174. The number of aromatic nitrogens is 2. The van der Waals surface area contributed by atoms with Crippen LogP contribution in [0, 0.1) is 6.92 Å². The summed E-state index contributed by atoms with van der Waals surface area (Å²) >= 11 is 12.0. The topological polar surface area (TPSA) is 61.2 Å². The van der Waals surface area contributed by atoms with Crippen molar-refractivity contribution in [3.05, 3.63) is 40.4 Å². The van der Waals surface area contributed by atoms with Gasteiger partial charge in [-0.1, -0.05) is 23.2 Å². The first-order valence-corrected chi connectivity index (χ1v) is 8.90. The monoisotopic (exact) mass is 368 g/mol. The Morgan fingerprint density at radius 2 is 1.90 bits per heavy atom. The Morgan fingerprint density at radius 3 is 2.38 bits per heavy atom. The molecule has 1 aromatic heterocycles. The summed E-state index contributed by atoms with van der Waals surface area (Å²) in [5.74, 6) is 1.08. The van der Waals surface area contributed by atoms with Gasteiger partial charge in [-0.05, 0) is 19.1 Å². The molecule has 9 heteroatoms. The predicted octanol–water partition coefficient (Wildman–Crippen LogP) is 3.50. The van der Waals surface area contributed by atoms with Gasteiger partial charge < -0.3 is 9.30 Å². The van der Waals surface area contributed by atoms with Gasteiger partial charge in [0.2, 0.25) is 0 Å². The van der Waals surface area contributed by atoms with E-state index in [9.17, 15) is 8.42 Å². The standard InChI is InChI=1S/C12H11Cl3N2O3S/c1-8-16-2-3-17(8)4-5-20-12-10(13)6-9(7-11(12)14)21(15,18)19/h2-3,6-7H,4-5H2,1H3. The Balaban J connectivity index is 2.12. The Morgan fingerprint density at radius 1 is 1.29 bits per heavy atom. The second-order valence-corrected chi connectivity index (χ2v) is 7.55. The fraction of sp³-hybridized carbons (Fsp3) is 0.250. The average molecular weight is 370 g/mol. The first kappa shape index (κ1) is 16.4. The van der Waals surface area contributed by atoms with Gasteiger partial charge in [0, 0.05) is 23.1 Å². The minimum atomic E-state index is -3.89. The molecule has 0 aliphatic rings. The van der Waals surface area contributed by atoms with Crippen molar-refractivity contribution in [2.75, 3.05) is 6.61 Å². The van der Waals surface area contributed by atoms with E-state index in [1.54, 1.807) is 6.20 Å². The summed E-state index contributed by atoms with van der Waals surface area (Å²) in [4.78, 5) is 3.92. The minimum absolute atomic E-state index is 0.0871. The van der Waals surface area contributed by atoms with Crippen LogP contribution < -0.4 is 4.74 Å². The van der Waals surface area contributed by atoms with Crippen molar-refractivity contribution in [2.24, 2.45) is 0 Å². The van der Waals surface area contributed by atoms with Crippen LogP contribution in [-0.2, 0) is 15.6 Å². The van der Waals surface area contributed by atoms with Gasteiger partial charge in [-0.15, -0.1) is 0 Å². The summed E-state index contributed by atoms with van der Waals surface area (Å²) in [6, 6.07) is 2.40. The van der Waals surface area contributed by atoms with Crippen molar-refractivity contribution < 1.29 is 13.2 Å². The Hall–Kier alpha value is -0.950. The molecule has 0 N–H and O–H groups in total. The molecule has 5 nitrogen and oxygen atoms in total. The van der Waals surface area contributed by atoms with Crippen LogP contribution in [0.25, 0.3) is 0 Å². The van der Waals surface area contributed by atoms with E-state index >= 15 is 0 Å². The zero-order chi connectivity index (χ0) is 15.6. The highest BCUT2D eigenvalue weighted by Gasteiger charge is 2.17. The smallest absolute Gasteiger partial charge is 0.261 e. The number of aryl methyl sites for hydroxylation is 1. The van der Waals surface area contributed by atoms with E-state index in [0.717, 1.165) is 5.82 Å². The lowest BCUT2D eigenvalue weighted by Gasteiger charge is -2.12. The van der Waals surface area contributed by atoms with E-state index in [1.807, 2.05) is 17.7 Å². The zero-order valence-electron chi connectivity index (χ0n) is 10.9. The number of hydrogen-bond donors (Lipinski definition) is 0. The molecule has 2 rings (SSSR count). The molecule has 0 amide bonds. The van der Waals surface area contributed by atoms with Crippen LogP contribution in [0.1, 0.15) is 5.82 Å². The summed E-state index contributed by atoms with van der Waals surface area (Å²) in [5.41, 5.74) is 0. The van der Waals surface area contributed by atoms with Crippen molar-refractivity contribution in [1.82, 2.24) is 9.55 Å². The number of imidazole rings is 1. The van der Waals surface area contributed by atoms with Gasteiger partial charge in [-0.2, -0.15) is 0 Å². The van der Waals surface area contributed by atoms with Gasteiger partial charge in [0.25, 0.3) is 9.05 Å². The predicted molar refractivity (Wildman–Crippen MR) is 82.0 cm³/mol. The summed E-state index contributed by atoms with van der Waals surface area (Å²) in [6.07, 6.45) is 3.51. The summed E-state index contributed by atoms with van der Waals surface area (Å²) < 4.78 is 29.9. The Bertz CT molecular complexity index is 736. The highest BCUT2D eigenvalue weighted by molar-refractivity contribution is 8.13. The highest BCUT2D eigenvalue weighted by Crippen LogP contribution is 2.36. The third kappa shape index (κ3) is 4.03. The van der Waals surface area contributed by atoms with Gasteiger partial charge in [0.15, 0.2) is 5.75 Å². The van der Waals surface area contributed by atoms with E-state index in [2.05, 4.69) is 4.98 Å². The van der Waals surface area contributed by atoms with Crippen molar-refractivity contribution >= 4 is 42.9 Å². The molecule has 21 heavy (non-hydrogen) atoms. The molecule has 2 aromatic rings. The number of halogens is 3. The molecule has 114 valence electrons. The van der Waals surface area contributed by atoms with Crippen LogP contribution in [0.15, 0.2) is 29.4 Å². The molecule has 0 saturated heterocycles. The molecule has 0 fully saturated rings. The van der Waals surface area contributed by atoms with Gasteiger partial charge >= 0.3 is 0 Å². The van der Waals surface area contributed by atoms with E-state index < -0.39 is 9.05 Å². The summed E-state index contributed by atoms with van der Waals surface area (Å²) in [7, 11) is 1.36. The maximum atomic E-state index is 11.3. The first-order chi connectivity index (χ1) is 9.79. The largest absolute Gasteiger partial charge is 0.489 e. The lowest BCUT2D eigenvalue weighted by Crippen LogP contribution is -2.09. The lowest BCUT2D eigenvalue weighted by molar-refractivity contribution is 0.297. The molecule has 0 atom stereocenters. The van der Waals surface area contributed by atoms with Crippen molar-refractivity contribution in [3.63, 3.8) is 0 Å². The molecular formula is C12H11Cl3N2O3S. The Kier molecular flexibility index (Phi) is 5.03. The maximum Gasteiger partial charge on any atom is 0.261 e. The van der Waals surface area contributed by atoms with Gasteiger partial charge in [-0.3, -0.25) is 0 Å². The van der Waals surface area contributed by atoms with Crippen molar-refractivity contribution in [3.8, 4) is 5.75 Å². The molecule has 0 bridgehead atoms. The van der Waals surface area contributed by atoms with Gasteiger partial charge in [0.05, 0.1) is 21.5 Å². The van der Waals surface area contributed by atoms with Crippen LogP contribution in [0.2, 0.25) is 10.0 Å². The van der Waals surface area contributed by atoms with E-state index in [4.69, 9.17) is 38.6 Å². The van der Waals surface area contributed by atoms with Gasteiger partial charge in [0.1, 0.15) is 12.4 Å². The Labute approximate surface area is 136 Å². The van der Waals surface area contributed by atoms with Crippen LogP contribution >= 0.6 is 33.9 Å². The fourth-order valence-electron chi connectivity index (χ4n) is 1.70. The second-order valence-electron chi connectivity index (χ2n) is 4.17. The molecule has 0 unspecified atom stereocenters. The van der Waals surface area contributed by atoms with E-state index in [1.165, 1.54) is 12.1 Å². The molecule has 0 aliphatic carbocycles. The highest BCUT2D eigenvalue weighted by atomic mass is 35.7. The molecule has 1 aromatic carbocycles. The molecule has 1 heterocycles. The van der Waals surface area contributed by atoms with Crippen LogP contribution in [-0.4, -0.2) is 24.6 Å². The normalized spacial score (nSPS) is 11.6. The number of nitrogens with zero attached hydrogens (tertiary/aromatic N) is 2. The van der Waals surface area contributed by atoms with Crippen molar-refractivity contribution in [1.29, 1.82) is 0 Å². The summed E-state index contributed by atoms with van der Waals surface area (Å²) in [6.45, 7) is 2.75. The molecule has 0 aliphatic heterocycles. The zero-order valence-corrected chi connectivity index (χ0v) is 14.0. The SMILES string of the molecule is Cc1nccn1CCOc1c(Cl)cc(S(=O)(=O)Cl)cc1Cl. The molecule has 0 saturated carbocycles. The lowest BCUT2D eigenvalue weighted by atomic mass is 10.3. The fourth-order valence-corrected chi connectivity index (χ4v) is 3.21.